The zero-order chi connectivity index (χ0) is 18.2. The van der Waals surface area contributed by atoms with Crippen LogP contribution < -0.4 is 4.74 Å². The van der Waals surface area contributed by atoms with E-state index in [2.05, 4.69) is 46.1 Å². The van der Waals surface area contributed by atoms with Crippen molar-refractivity contribution in [2.75, 3.05) is 25.4 Å². The lowest BCUT2D eigenvalue weighted by Crippen LogP contribution is -2.67. The number of hydrogen-bond acceptors (Lipinski definition) is 6. The van der Waals surface area contributed by atoms with Crippen LogP contribution in [-0.2, 0) is 16.4 Å². The number of ether oxygens (including phenoxy) is 1. The quantitative estimate of drug-likeness (QED) is 0.797. The molecule has 0 unspecified atom stereocenters. The van der Waals surface area contributed by atoms with Gasteiger partial charge in [-0.25, -0.2) is 18.4 Å². The summed E-state index contributed by atoms with van der Waals surface area (Å²) in [5, 5.41) is 0. The monoisotopic (exact) mass is 373 g/mol. The van der Waals surface area contributed by atoms with Gasteiger partial charge in [0.25, 0.3) is 0 Å². The Morgan fingerprint density at radius 1 is 1.19 bits per heavy atom. The molecule has 4 rings (SSSR count). The van der Waals surface area contributed by atoms with Gasteiger partial charge in [-0.2, -0.15) is 0 Å². The topological polar surface area (TPSA) is 72.4 Å². The Kier molecular flexibility index (Phi) is 4.44. The third-order valence-corrected chi connectivity index (χ3v) is 8.17. The Bertz CT molecular complexity index is 863. The summed E-state index contributed by atoms with van der Waals surface area (Å²) in [6, 6.07) is 10.4. The summed E-state index contributed by atoms with van der Waals surface area (Å²) in [4.78, 5) is 10.3. The largest absolute Gasteiger partial charge is 0.463 e. The minimum absolute atomic E-state index is 0.00873. The Morgan fingerprint density at radius 3 is 2.58 bits per heavy atom. The van der Waals surface area contributed by atoms with Crippen molar-refractivity contribution in [3.8, 4) is 6.01 Å². The molecule has 2 fully saturated rings. The molecule has 1 atom stereocenters. The van der Waals surface area contributed by atoms with Crippen molar-refractivity contribution < 1.29 is 13.2 Å². The van der Waals surface area contributed by atoms with Gasteiger partial charge in [-0.3, -0.25) is 4.90 Å². The van der Waals surface area contributed by atoms with E-state index in [9.17, 15) is 8.42 Å². The van der Waals surface area contributed by atoms with Crippen LogP contribution in [0.4, 0.5) is 0 Å². The fourth-order valence-corrected chi connectivity index (χ4v) is 6.47. The molecular formula is C19H23N3O3S. The van der Waals surface area contributed by atoms with Crippen LogP contribution in [0.15, 0.2) is 42.7 Å². The van der Waals surface area contributed by atoms with Crippen molar-refractivity contribution in [2.24, 2.45) is 5.92 Å². The maximum Gasteiger partial charge on any atom is 0.316 e. The molecule has 1 aromatic carbocycles. The van der Waals surface area contributed by atoms with E-state index in [0.717, 1.165) is 6.54 Å². The van der Waals surface area contributed by atoms with Crippen molar-refractivity contribution in [3.05, 3.63) is 53.9 Å². The zero-order valence-electron chi connectivity index (χ0n) is 14.8. The predicted octanol–water partition coefficient (Wildman–Crippen LogP) is 1.85. The Morgan fingerprint density at radius 2 is 1.88 bits per heavy atom. The van der Waals surface area contributed by atoms with Crippen LogP contribution in [0, 0.1) is 12.8 Å². The first kappa shape index (κ1) is 17.4. The molecule has 2 aliphatic rings. The second kappa shape index (κ2) is 6.63. The zero-order valence-corrected chi connectivity index (χ0v) is 15.7. The molecule has 0 bridgehead atoms. The molecule has 3 heterocycles. The summed E-state index contributed by atoms with van der Waals surface area (Å²) < 4.78 is 30.4. The highest BCUT2D eigenvalue weighted by molar-refractivity contribution is 7.93. The third-order valence-electron chi connectivity index (χ3n) is 5.56. The van der Waals surface area contributed by atoms with E-state index in [-0.39, 0.29) is 11.7 Å². The molecule has 7 heteroatoms. The number of rotatable bonds is 5. The maximum atomic E-state index is 12.7. The van der Waals surface area contributed by atoms with E-state index in [1.165, 1.54) is 11.1 Å². The van der Waals surface area contributed by atoms with Crippen LogP contribution in [0.3, 0.4) is 0 Å². The second-order valence-corrected chi connectivity index (χ2v) is 9.79. The molecule has 0 amide bonds. The van der Waals surface area contributed by atoms with Gasteiger partial charge in [0.2, 0.25) is 0 Å². The smallest absolute Gasteiger partial charge is 0.316 e. The molecular weight excluding hydrogens is 350 g/mol. The van der Waals surface area contributed by atoms with E-state index in [4.69, 9.17) is 4.74 Å². The van der Waals surface area contributed by atoms with Crippen LogP contribution >= 0.6 is 0 Å². The minimum Gasteiger partial charge on any atom is -0.463 e. The lowest BCUT2D eigenvalue weighted by molar-refractivity contribution is 0.0572. The van der Waals surface area contributed by atoms with E-state index in [0.29, 0.717) is 32.1 Å². The fraction of sp³-hybridized carbons (Fsp3) is 0.474. The molecule has 2 aromatic rings. The average Bonchev–Trinajstić information content (AvgIpc) is 2.87. The molecule has 0 aliphatic carbocycles. The molecule has 0 N–H and O–H groups in total. The number of sulfone groups is 1. The van der Waals surface area contributed by atoms with E-state index in [1.54, 1.807) is 18.5 Å². The highest BCUT2D eigenvalue weighted by Crippen LogP contribution is 2.45. The number of benzene rings is 1. The van der Waals surface area contributed by atoms with Gasteiger partial charge >= 0.3 is 6.01 Å². The van der Waals surface area contributed by atoms with Gasteiger partial charge in [0, 0.05) is 37.9 Å². The summed E-state index contributed by atoms with van der Waals surface area (Å²) in [5.41, 5.74) is 2.44. The van der Waals surface area contributed by atoms with E-state index < -0.39 is 14.6 Å². The summed E-state index contributed by atoms with van der Waals surface area (Å²) in [6.07, 6.45) is 3.89. The Hall–Kier alpha value is -1.99. The second-order valence-electron chi connectivity index (χ2n) is 7.34. The number of hydrogen-bond donors (Lipinski definition) is 0. The van der Waals surface area contributed by atoms with Crippen molar-refractivity contribution in [3.63, 3.8) is 0 Å². The van der Waals surface area contributed by atoms with Gasteiger partial charge < -0.3 is 4.74 Å². The Labute approximate surface area is 154 Å². The van der Waals surface area contributed by atoms with Crippen LogP contribution in [0.1, 0.15) is 17.5 Å². The van der Waals surface area contributed by atoms with Crippen molar-refractivity contribution in [2.45, 2.75) is 24.6 Å². The number of aryl methyl sites for hydroxylation is 1. The third kappa shape index (κ3) is 3.10. The first-order valence-corrected chi connectivity index (χ1v) is 10.5. The Balaban J connectivity index is 1.42. The van der Waals surface area contributed by atoms with Gasteiger partial charge in [-0.1, -0.05) is 29.8 Å². The summed E-state index contributed by atoms with van der Waals surface area (Å²) in [5.74, 6) is 0.236. The highest BCUT2D eigenvalue weighted by atomic mass is 32.2. The lowest BCUT2D eigenvalue weighted by Gasteiger charge is -2.50. The summed E-state index contributed by atoms with van der Waals surface area (Å²) in [6.45, 7) is 4.35. The molecule has 0 radical (unpaired) electrons. The molecule has 138 valence electrons. The van der Waals surface area contributed by atoms with Crippen LogP contribution in [0.5, 0.6) is 6.01 Å². The molecule has 1 spiro atoms. The number of aromatic nitrogens is 2. The maximum absolute atomic E-state index is 12.7. The molecule has 2 saturated heterocycles. The SMILES string of the molecule is Cc1ccc(CN2CC3(C2)[C@H](COc2ncccn2)CCS3(=O)=O)cc1. The average molecular weight is 373 g/mol. The van der Waals surface area contributed by atoms with E-state index >= 15 is 0 Å². The van der Waals surface area contributed by atoms with Crippen LogP contribution in [-0.4, -0.2) is 53.5 Å². The van der Waals surface area contributed by atoms with Gasteiger partial charge in [0.1, 0.15) is 4.75 Å². The normalized spacial score (nSPS) is 23.7. The van der Waals surface area contributed by atoms with Crippen molar-refractivity contribution in [1.82, 2.24) is 14.9 Å². The van der Waals surface area contributed by atoms with Gasteiger partial charge in [-0.15, -0.1) is 0 Å². The number of nitrogens with zero attached hydrogens (tertiary/aromatic N) is 3. The number of likely N-dealkylation sites (tertiary alicyclic amines) is 1. The minimum atomic E-state index is -3.10. The van der Waals surface area contributed by atoms with Gasteiger partial charge in [-0.05, 0) is 25.0 Å². The summed E-state index contributed by atoms with van der Waals surface area (Å²) in [7, 11) is -3.10. The van der Waals surface area contributed by atoms with Crippen molar-refractivity contribution >= 4 is 9.84 Å². The molecule has 1 aromatic heterocycles. The molecule has 26 heavy (non-hydrogen) atoms. The predicted molar refractivity (Wildman–Crippen MR) is 98.6 cm³/mol. The first-order chi connectivity index (χ1) is 12.5. The van der Waals surface area contributed by atoms with E-state index in [1.807, 2.05) is 0 Å². The fourth-order valence-electron chi connectivity index (χ4n) is 4.02. The first-order valence-electron chi connectivity index (χ1n) is 8.89. The molecule has 0 saturated carbocycles. The standard InChI is InChI=1S/C19H23N3O3S/c1-15-3-5-16(6-4-15)11-22-13-19(14-22)17(7-10-26(19,23)24)12-25-18-20-8-2-9-21-18/h2-6,8-9,17H,7,10-14H2,1H3/t17-/m0/s1. The van der Waals surface area contributed by atoms with Crippen LogP contribution in [0.2, 0.25) is 0 Å². The highest BCUT2D eigenvalue weighted by Gasteiger charge is 2.61. The van der Waals surface area contributed by atoms with Crippen LogP contribution in [0.25, 0.3) is 0 Å². The lowest BCUT2D eigenvalue weighted by atomic mass is 9.83. The van der Waals surface area contributed by atoms with Gasteiger partial charge in [0.15, 0.2) is 9.84 Å². The molecule has 2 aliphatic heterocycles. The van der Waals surface area contributed by atoms with Gasteiger partial charge in [0.05, 0.1) is 12.4 Å². The summed E-state index contributed by atoms with van der Waals surface area (Å²) >= 11 is 0. The van der Waals surface area contributed by atoms with Crippen molar-refractivity contribution in [1.29, 1.82) is 0 Å². The molecule has 6 nitrogen and oxygen atoms in total.